The largest absolute Gasteiger partial charge is 0.334 e. The Morgan fingerprint density at radius 2 is 2.04 bits per heavy atom. The molecule has 0 fully saturated rings. The summed E-state index contributed by atoms with van der Waals surface area (Å²) in [5, 5.41) is 0.960. The summed E-state index contributed by atoms with van der Waals surface area (Å²) in [5.74, 6) is -0.103. The number of fused-ring (bicyclic) bond motifs is 1. The Hall–Kier alpha value is -2.95. The highest BCUT2D eigenvalue weighted by Gasteiger charge is 2.17. The first-order valence-electron chi connectivity index (χ1n) is 8.49. The van der Waals surface area contributed by atoms with Crippen LogP contribution in [0.4, 0.5) is 0 Å². The first kappa shape index (κ1) is 16.9. The van der Waals surface area contributed by atoms with Crippen molar-refractivity contribution in [1.29, 1.82) is 0 Å². The molecule has 0 radical (unpaired) electrons. The molecule has 5 nitrogen and oxygen atoms in total. The van der Waals surface area contributed by atoms with E-state index in [-0.39, 0.29) is 18.0 Å². The van der Waals surface area contributed by atoms with Crippen molar-refractivity contribution >= 4 is 16.8 Å². The Kier molecular flexibility index (Phi) is 5.23. The maximum atomic E-state index is 12.8. The Labute approximate surface area is 146 Å². The highest BCUT2D eigenvalue weighted by atomic mass is 16.2. The third-order valence-electron chi connectivity index (χ3n) is 4.17. The highest BCUT2D eigenvalue weighted by molar-refractivity contribution is 5.93. The molecule has 0 bridgehead atoms. The summed E-state index contributed by atoms with van der Waals surface area (Å²) in [6, 6.07) is 13.0. The van der Waals surface area contributed by atoms with Crippen LogP contribution in [0.15, 0.2) is 59.7 Å². The van der Waals surface area contributed by atoms with Crippen LogP contribution in [-0.2, 0) is 6.54 Å². The molecule has 0 spiro atoms. The van der Waals surface area contributed by atoms with Gasteiger partial charge < -0.3 is 9.88 Å². The van der Waals surface area contributed by atoms with E-state index < -0.39 is 0 Å². The summed E-state index contributed by atoms with van der Waals surface area (Å²) in [6.07, 6.45) is 5.06. The zero-order valence-electron chi connectivity index (χ0n) is 14.2. The quantitative estimate of drug-likeness (QED) is 0.751. The van der Waals surface area contributed by atoms with E-state index in [0.29, 0.717) is 17.7 Å². The van der Waals surface area contributed by atoms with Gasteiger partial charge in [-0.25, -0.2) is 0 Å². The summed E-state index contributed by atoms with van der Waals surface area (Å²) >= 11 is 0. The van der Waals surface area contributed by atoms with E-state index in [9.17, 15) is 9.59 Å². The predicted octanol–water partition coefficient (Wildman–Crippen LogP) is 3.37. The second kappa shape index (κ2) is 7.75. The number of aromatic amines is 1. The lowest BCUT2D eigenvalue weighted by atomic mass is 10.1. The minimum atomic E-state index is -0.154. The second-order valence-corrected chi connectivity index (χ2v) is 6.03. The first-order valence-corrected chi connectivity index (χ1v) is 8.49. The number of nitrogens with zero attached hydrogens (tertiary/aromatic N) is 2. The van der Waals surface area contributed by atoms with E-state index in [4.69, 9.17) is 0 Å². The van der Waals surface area contributed by atoms with Crippen molar-refractivity contribution in [1.82, 2.24) is 14.9 Å². The Balaban J connectivity index is 1.91. The molecule has 0 saturated carbocycles. The number of rotatable bonds is 6. The van der Waals surface area contributed by atoms with Gasteiger partial charge in [0.15, 0.2) is 0 Å². The molecule has 1 N–H and O–H groups in total. The molecular weight excluding hydrogens is 314 g/mol. The number of para-hydroxylation sites is 1. The van der Waals surface area contributed by atoms with Crippen LogP contribution in [0.3, 0.4) is 0 Å². The van der Waals surface area contributed by atoms with Gasteiger partial charge in [0.25, 0.3) is 11.5 Å². The number of unbranched alkanes of at least 4 members (excludes halogenated alkanes) is 1. The van der Waals surface area contributed by atoms with E-state index in [1.807, 2.05) is 30.3 Å². The molecule has 0 aliphatic rings. The molecule has 2 heterocycles. The molecule has 0 aliphatic carbocycles. The lowest BCUT2D eigenvalue weighted by Gasteiger charge is -2.22. The third kappa shape index (κ3) is 3.94. The average molecular weight is 335 g/mol. The molecule has 1 amide bonds. The molecule has 128 valence electrons. The van der Waals surface area contributed by atoms with Gasteiger partial charge >= 0.3 is 0 Å². The normalized spacial score (nSPS) is 10.8. The van der Waals surface area contributed by atoms with Crippen LogP contribution in [0.1, 0.15) is 35.7 Å². The molecule has 0 atom stereocenters. The summed E-state index contributed by atoms with van der Waals surface area (Å²) in [4.78, 5) is 33.8. The Bertz CT molecular complexity index is 919. The minimum absolute atomic E-state index is 0.103. The van der Waals surface area contributed by atoms with Gasteiger partial charge in [-0.1, -0.05) is 31.5 Å². The van der Waals surface area contributed by atoms with Crippen molar-refractivity contribution in [2.45, 2.75) is 26.3 Å². The summed E-state index contributed by atoms with van der Waals surface area (Å²) in [5.41, 5.74) is 1.77. The van der Waals surface area contributed by atoms with Crippen LogP contribution < -0.4 is 5.56 Å². The van der Waals surface area contributed by atoms with Gasteiger partial charge in [0.05, 0.1) is 12.1 Å². The number of H-pyrrole nitrogens is 1. The number of aromatic nitrogens is 2. The highest BCUT2D eigenvalue weighted by Crippen LogP contribution is 2.13. The van der Waals surface area contributed by atoms with Gasteiger partial charge in [0.2, 0.25) is 0 Å². The third-order valence-corrected chi connectivity index (χ3v) is 4.17. The number of hydrogen-bond acceptors (Lipinski definition) is 3. The fraction of sp³-hybridized carbons (Fsp3) is 0.250. The van der Waals surface area contributed by atoms with Crippen LogP contribution >= 0.6 is 0 Å². The standard InChI is InChI=1S/C20H21N3O2/c1-2-3-11-23(20(25)16-8-6-10-21-13-16)14-17-12-15-7-4-5-9-18(15)22-19(17)24/h4-10,12-13H,2-3,11,14H2,1H3,(H,22,24). The number of carbonyl (C=O) groups excluding carboxylic acids is 1. The van der Waals surface area contributed by atoms with Crippen molar-refractivity contribution in [3.8, 4) is 0 Å². The molecule has 0 saturated heterocycles. The zero-order chi connectivity index (χ0) is 17.6. The van der Waals surface area contributed by atoms with Crippen molar-refractivity contribution < 1.29 is 4.79 Å². The molecule has 2 aromatic heterocycles. The van der Waals surface area contributed by atoms with Gasteiger partial charge in [-0.05, 0) is 36.1 Å². The van der Waals surface area contributed by atoms with E-state index in [1.54, 1.807) is 29.4 Å². The minimum Gasteiger partial charge on any atom is -0.334 e. The van der Waals surface area contributed by atoms with Crippen molar-refractivity contribution in [3.63, 3.8) is 0 Å². The van der Waals surface area contributed by atoms with Gasteiger partial charge in [-0.15, -0.1) is 0 Å². The lowest BCUT2D eigenvalue weighted by Crippen LogP contribution is -2.33. The summed E-state index contributed by atoms with van der Waals surface area (Å²) < 4.78 is 0. The monoisotopic (exact) mass is 335 g/mol. The van der Waals surface area contributed by atoms with Gasteiger partial charge in [-0.3, -0.25) is 14.6 Å². The topological polar surface area (TPSA) is 66.1 Å². The van der Waals surface area contributed by atoms with Crippen LogP contribution in [-0.4, -0.2) is 27.3 Å². The molecule has 3 rings (SSSR count). The average Bonchev–Trinajstić information content (AvgIpc) is 2.65. The predicted molar refractivity (Wildman–Crippen MR) is 98.5 cm³/mol. The maximum absolute atomic E-state index is 12.8. The maximum Gasteiger partial charge on any atom is 0.255 e. The molecular formula is C20H21N3O2. The summed E-state index contributed by atoms with van der Waals surface area (Å²) in [7, 11) is 0. The number of carbonyl (C=O) groups is 1. The van der Waals surface area contributed by atoms with Crippen LogP contribution in [0.5, 0.6) is 0 Å². The fourth-order valence-corrected chi connectivity index (χ4v) is 2.79. The van der Waals surface area contributed by atoms with Gasteiger partial charge in [0, 0.05) is 30.0 Å². The van der Waals surface area contributed by atoms with Crippen LogP contribution in [0, 0.1) is 0 Å². The van der Waals surface area contributed by atoms with Crippen LogP contribution in [0.2, 0.25) is 0 Å². The van der Waals surface area contributed by atoms with E-state index in [0.717, 1.165) is 23.7 Å². The number of pyridine rings is 2. The smallest absolute Gasteiger partial charge is 0.255 e. The van der Waals surface area contributed by atoms with Crippen molar-refractivity contribution in [2.24, 2.45) is 0 Å². The number of benzene rings is 1. The van der Waals surface area contributed by atoms with Crippen LogP contribution in [0.25, 0.3) is 10.9 Å². The number of hydrogen-bond donors (Lipinski definition) is 1. The summed E-state index contributed by atoms with van der Waals surface area (Å²) in [6.45, 7) is 2.97. The first-order chi connectivity index (χ1) is 12.2. The van der Waals surface area contributed by atoms with E-state index in [1.165, 1.54) is 0 Å². The van der Waals surface area contributed by atoms with Crippen molar-refractivity contribution in [3.05, 3.63) is 76.3 Å². The Morgan fingerprint density at radius 3 is 2.80 bits per heavy atom. The van der Waals surface area contributed by atoms with E-state index >= 15 is 0 Å². The molecule has 0 unspecified atom stereocenters. The lowest BCUT2D eigenvalue weighted by molar-refractivity contribution is 0.0740. The molecule has 25 heavy (non-hydrogen) atoms. The second-order valence-electron chi connectivity index (χ2n) is 6.03. The molecule has 0 aliphatic heterocycles. The zero-order valence-corrected chi connectivity index (χ0v) is 14.2. The van der Waals surface area contributed by atoms with Gasteiger partial charge in [-0.2, -0.15) is 0 Å². The molecule has 1 aromatic carbocycles. The number of amides is 1. The fourth-order valence-electron chi connectivity index (χ4n) is 2.79. The molecule has 5 heteroatoms. The molecule has 3 aromatic rings. The van der Waals surface area contributed by atoms with E-state index in [2.05, 4.69) is 16.9 Å². The van der Waals surface area contributed by atoms with Crippen molar-refractivity contribution in [2.75, 3.05) is 6.54 Å². The Morgan fingerprint density at radius 1 is 1.20 bits per heavy atom. The number of nitrogens with one attached hydrogen (secondary N) is 1. The SMILES string of the molecule is CCCCN(Cc1cc2ccccc2[nH]c1=O)C(=O)c1cccnc1. The van der Waals surface area contributed by atoms with Gasteiger partial charge in [0.1, 0.15) is 0 Å².